The Morgan fingerprint density at radius 2 is 1.68 bits per heavy atom. The van der Waals surface area contributed by atoms with Crippen LogP contribution in [0.15, 0.2) is 59.5 Å². The lowest BCUT2D eigenvalue weighted by Crippen LogP contribution is -2.53. The third-order valence-corrected chi connectivity index (χ3v) is 8.48. The summed E-state index contributed by atoms with van der Waals surface area (Å²) in [4.78, 5) is 0.239. The Morgan fingerprint density at radius 3 is 2.29 bits per heavy atom. The molecule has 4 nitrogen and oxygen atoms in total. The molecule has 0 aliphatic heterocycles. The summed E-state index contributed by atoms with van der Waals surface area (Å²) in [5.74, 6) is 0.496. The summed E-state index contributed by atoms with van der Waals surface area (Å²) in [5.41, 5.74) is 1.23. The van der Waals surface area contributed by atoms with Crippen LogP contribution in [0.5, 0.6) is 0 Å². The molecule has 0 bridgehead atoms. The number of hydrogen-bond acceptors (Lipinski definition) is 3. The van der Waals surface area contributed by atoms with Crippen LogP contribution in [0.4, 0.5) is 0 Å². The maximum Gasteiger partial charge on any atom is 0.243 e. The number of nitrogens with zero attached hydrogens (tertiary/aromatic N) is 1. The SMILES string of the molecule is CC(C)CC(CO)N(C1CCCCC1Cc1ccccc1)S(=O)(=O)c1ccc(Cl)cc1. The van der Waals surface area contributed by atoms with E-state index in [2.05, 4.69) is 26.0 Å². The van der Waals surface area contributed by atoms with Crippen LogP contribution in [-0.2, 0) is 16.4 Å². The number of sulfonamides is 1. The highest BCUT2D eigenvalue weighted by Crippen LogP contribution is 2.36. The van der Waals surface area contributed by atoms with Gasteiger partial charge in [0.25, 0.3) is 0 Å². The van der Waals surface area contributed by atoms with Gasteiger partial charge in [-0.15, -0.1) is 0 Å². The molecule has 3 rings (SSSR count). The number of aliphatic hydroxyl groups excluding tert-OH is 1. The summed E-state index contributed by atoms with van der Waals surface area (Å²) >= 11 is 6.01. The van der Waals surface area contributed by atoms with Crippen molar-refractivity contribution in [2.24, 2.45) is 11.8 Å². The smallest absolute Gasteiger partial charge is 0.243 e. The van der Waals surface area contributed by atoms with Gasteiger partial charge in [-0.1, -0.05) is 68.6 Å². The normalized spacial score (nSPS) is 20.8. The molecular formula is C25H34ClNO3S. The predicted molar refractivity (Wildman–Crippen MR) is 127 cm³/mol. The zero-order chi connectivity index (χ0) is 22.4. The van der Waals surface area contributed by atoms with Crippen LogP contribution in [0.1, 0.15) is 51.5 Å². The average Bonchev–Trinajstić information content (AvgIpc) is 2.75. The Bertz CT molecular complexity index is 916. The third-order valence-electron chi connectivity index (χ3n) is 6.24. The van der Waals surface area contributed by atoms with Gasteiger partial charge in [-0.25, -0.2) is 8.42 Å². The van der Waals surface area contributed by atoms with E-state index in [-0.39, 0.29) is 29.4 Å². The topological polar surface area (TPSA) is 57.6 Å². The van der Waals surface area contributed by atoms with Gasteiger partial charge in [-0.3, -0.25) is 0 Å². The molecule has 1 saturated carbocycles. The molecule has 0 radical (unpaired) electrons. The van der Waals surface area contributed by atoms with Crippen molar-refractivity contribution >= 4 is 21.6 Å². The van der Waals surface area contributed by atoms with Gasteiger partial charge in [0.1, 0.15) is 0 Å². The van der Waals surface area contributed by atoms with Crippen molar-refractivity contribution in [2.75, 3.05) is 6.61 Å². The number of aliphatic hydroxyl groups is 1. The number of halogens is 1. The number of hydrogen-bond donors (Lipinski definition) is 1. The Balaban J connectivity index is 2.01. The van der Waals surface area contributed by atoms with Gasteiger partial charge in [-0.05, 0) is 67.3 Å². The second-order valence-electron chi connectivity index (χ2n) is 9.06. The van der Waals surface area contributed by atoms with E-state index in [0.717, 1.165) is 32.1 Å². The van der Waals surface area contributed by atoms with Crippen LogP contribution in [0.3, 0.4) is 0 Å². The van der Waals surface area contributed by atoms with Crippen LogP contribution in [-0.4, -0.2) is 36.5 Å². The first-order valence-electron chi connectivity index (χ1n) is 11.3. The van der Waals surface area contributed by atoms with Crippen molar-refractivity contribution in [2.45, 2.75) is 69.4 Å². The van der Waals surface area contributed by atoms with Gasteiger partial charge in [0.15, 0.2) is 0 Å². The maximum atomic E-state index is 13.9. The molecule has 1 fully saturated rings. The monoisotopic (exact) mass is 463 g/mol. The third kappa shape index (κ3) is 6.10. The van der Waals surface area contributed by atoms with Crippen molar-refractivity contribution in [1.29, 1.82) is 0 Å². The fourth-order valence-electron chi connectivity index (χ4n) is 4.85. The van der Waals surface area contributed by atoms with E-state index < -0.39 is 16.1 Å². The summed E-state index contributed by atoms with van der Waals surface area (Å²) in [6.07, 6.45) is 5.39. The molecule has 2 aromatic rings. The van der Waals surface area contributed by atoms with Crippen LogP contribution in [0.2, 0.25) is 5.02 Å². The molecule has 0 amide bonds. The largest absolute Gasteiger partial charge is 0.395 e. The van der Waals surface area contributed by atoms with Gasteiger partial charge in [0.2, 0.25) is 10.0 Å². The zero-order valence-electron chi connectivity index (χ0n) is 18.5. The highest BCUT2D eigenvalue weighted by atomic mass is 35.5. The first kappa shape index (κ1) is 24.2. The van der Waals surface area contributed by atoms with Crippen molar-refractivity contribution < 1.29 is 13.5 Å². The van der Waals surface area contributed by atoms with E-state index in [1.54, 1.807) is 28.6 Å². The fourth-order valence-corrected chi connectivity index (χ4v) is 6.88. The van der Waals surface area contributed by atoms with E-state index in [4.69, 9.17) is 11.6 Å². The molecule has 0 aromatic heterocycles. The second kappa shape index (κ2) is 11.0. The first-order chi connectivity index (χ1) is 14.8. The summed E-state index contributed by atoms with van der Waals surface area (Å²) in [6.45, 7) is 3.95. The minimum atomic E-state index is -3.78. The highest BCUT2D eigenvalue weighted by Gasteiger charge is 2.41. The average molecular weight is 464 g/mol. The number of benzene rings is 2. The second-order valence-corrected chi connectivity index (χ2v) is 11.3. The van der Waals surface area contributed by atoms with Crippen LogP contribution in [0.25, 0.3) is 0 Å². The van der Waals surface area contributed by atoms with E-state index in [1.807, 2.05) is 18.2 Å². The summed E-state index contributed by atoms with van der Waals surface area (Å²) < 4.78 is 29.4. The minimum absolute atomic E-state index is 0.134. The molecule has 1 N–H and O–H groups in total. The molecule has 2 aromatic carbocycles. The van der Waals surface area contributed by atoms with Crippen LogP contribution >= 0.6 is 11.6 Å². The highest BCUT2D eigenvalue weighted by molar-refractivity contribution is 7.89. The van der Waals surface area contributed by atoms with E-state index in [9.17, 15) is 13.5 Å². The van der Waals surface area contributed by atoms with E-state index in [1.165, 1.54) is 5.56 Å². The van der Waals surface area contributed by atoms with Gasteiger partial charge in [0, 0.05) is 17.1 Å². The van der Waals surface area contributed by atoms with Crippen LogP contribution < -0.4 is 0 Å². The fraction of sp³-hybridized carbons (Fsp3) is 0.520. The van der Waals surface area contributed by atoms with Gasteiger partial charge >= 0.3 is 0 Å². The molecule has 0 heterocycles. The van der Waals surface area contributed by atoms with Crippen molar-refractivity contribution in [3.8, 4) is 0 Å². The van der Waals surface area contributed by atoms with E-state index in [0.29, 0.717) is 11.4 Å². The molecule has 6 heteroatoms. The maximum absolute atomic E-state index is 13.9. The molecular weight excluding hydrogens is 430 g/mol. The Kier molecular flexibility index (Phi) is 8.57. The minimum Gasteiger partial charge on any atom is -0.395 e. The molecule has 170 valence electrons. The summed E-state index contributed by atoms with van der Waals surface area (Å²) in [7, 11) is -3.78. The van der Waals surface area contributed by atoms with Crippen LogP contribution in [0, 0.1) is 11.8 Å². The van der Waals surface area contributed by atoms with Gasteiger partial charge in [-0.2, -0.15) is 4.31 Å². The molecule has 1 aliphatic rings. The molecule has 1 aliphatic carbocycles. The standard InChI is InChI=1S/C25H34ClNO3S/c1-19(2)16-23(18-28)27(31(29,30)24-14-12-22(26)13-15-24)25-11-7-6-10-21(25)17-20-8-4-3-5-9-20/h3-5,8-9,12-15,19,21,23,25,28H,6-7,10-11,16-18H2,1-2H3. The number of rotatable bonds is 9. The lowest BCUT2D eigenvalue weighted by molar-refractivity contribution is 0.0926. The quantitative estimate of drug-likeness (QED) is 0.531. The molecule has 0 saturated heterocycles. The Morgan fingerprint density at radius 1 is 1.03 bits per heavy atom. The Labute approximate surface area is 192 Å². The summed E-state index contributed by atoms with van der Waals surface area (Å²) in [5, 5.41) is 10.8. The molecule has 3 atom stereocenters. The Hall–Kier alpha value is -1.40. The van der Waals surface area contributed by atoms with Gasteiger partial charge in [0.05, 0.1) is 11.5 Å². The van der Waals surface area contributed by atoms with Crippen molar-refractivity contribution in [3.63, 3.8) is 0 Å². The molecule has 3 unspecified atom stereocenters. The molecule has 0 spiro atoms. The van der Waals surface area contributed by atoms with Crippen molar-refractivity contribution in [3.05, 3.63) is 65.2 Å². The summed E-state index contributed by atoms with van der Waals surface area (Å²) in [6, 6.07) is 16.1. The molecule has 31 heavy (non-hydrogen) atoms. The zero-order valence-corrected chi connectivity index (χ0v) is 20.0. The van der Waals surface area contributed by atoms with Gasteiger partial charge < -0.3 is 5.11 Å². The lowest BCUT2D eigenvalue weighted by Gasteiger charge is -2.43. The predicted octanol–water partition coefficient (Wildman–Crippen LogP) is 5.54. The lowest BCUT2D eigenvalue weighted by atomic mass is 9.80. The van der Waals surface area contributed by atoms with Crippen molar-refractivity contribution in [1.82, 2.24) is 4.31 Å². The van der Waals surface area contributed by atoms with E-state index >= 15 is 0 Å². The first-order valence-corrected chi connectivity index (χ1v) is 13.1.